The first kappa shape index (κ1) is 35.5. The third kappa shape index (κ3) is 21.6. The minimum Gasteiger partial charge on any atom is -0.394 e. The molecule has 0 saturated heterocycles. The molecule has 4 unspecified atom stereocenters. The van der Waals surface area contributed by atoms with Crippen molar-refractivity contribution >= 4 is 0 Å². The van der Waals surface area contributed by atoms with E-state index in [1.165, 1.54) is 10.5 Å². The highest BCUT2D eigenvalue weighted by molar-refractivity contribution is 4.52. The van der Waals surface area contributed by atoms with Crippen LogP contribution in [0.3, 0.4) is 0 Å². The van der Waals surface area contributed by atoms with Crippen molar-refractivity contribution in [3.05, 3.63) is 0 Å². The molecule has 218 valence electrons. The van der Waals surface area contributed by atoms with Gasteiger partial charge >= 0.3 is 0 Å². The molecule has 36 heavy (non-hydrogen) atoms. The van der Waals surface area contributed by atoms with Crippen LogP contribution in [0.15, 0.2) is 0 Å². The second-order valence-corrected chi connectivity index (χ2v) is 8.25. The van der Waals surface area contributed by atoms with Crippen LogP contribution in [0.4, 0.5) is 0 Å². The number of rotatable bonds is 27. The molecule has 0 aliphatic rings. The summed E-state index contributed by atoms with van der Waals surface area (Å²) in [6, 6.07) is 0. The molecule has 4 atom stereocenters. The first-order valence-corrected chi connectivity index (χ1v) is 12.7. The van der Waals surface area contributed by atoms with Gasteiger partial charge in [0.1, 0.15) is 24.4 Å². The van der Waals surface area contributed by atoms with Crippen molar-refractivity contribution in [3.63, 3.8) is 0 Å². The molecule has 0 heterocycles. The zero-order valence-corrected chi connectivity index (χ0v) is 22.7. The number of nitrogens with zero attached hydrogens (tertiary/aromatic N) is 2. The standard InChI is InChI=1S/C23H50N2O11/c1-6-12-29-16-20(2)33-24(34-21(3)17-30-13-9-26)7-8-25(35-22(4)18-31-14-10-27)36-23(5)19-32-15-11-28/h20-23,26-28H,6-19H2,1-5H3. The Kier molecular flexibility index (Phi) is 24.4. The Balaban J connectivity index is 5.06. The maximum absolute atomic E-state index is 8.92. The lowest BCUT2D eigenvalue weighted by Crippen LogP contribution is -2.43. The average molecular weight is 531 g/mol. The maximum Gasteiger partial charge on any atom is 0.102 e. The van der Waals surface area contributed by atoms with Gasteiger partial charge < -0.3 is 34.3 Å². The fraction of sp³-hybridized carbons (Fsp3) is 1.00. The van der Waals surface area contributed by atoms with Crippen molar-refractivity contribution in [1.29, 1.82) is 0 Å². The van der Waals surface area contributed by atoms with Crippen LogP contribution < -0.4 is 0 Å². The van der Waals surface area contributed by atoms with Crippen molar-refractivity contribution in [2.45, 2.75) is 65.5 Å². The topological polar surface area (TPSA) is 141 Å². The number of ether oxygens (including phenoxy) is 4. The molecule has 0 spiro atoms. The summed E-state index contributed by atoms with van der Waals surface area (Å²) in [6.45, 7) is 12.1. The van der Waals surface area contributed by atoms with Gasteiger partial charge in [0.2, 0.25) is 0 Å². The van der Waals surface area contributed by atoms with Crippen LogP contribution >= 0.6 is 0 Å². The molecule has 0 bridgehead atoms. The predicted octanol–water partition coefficient (Wildman–Crippen LogP) is 0.324. The smallest absolute Gasteiger partial charge is 0.102 e. The van der Waals surface area contributed by atoms with Gasteiger partial charge in [-0.15, -0.1) is 0 Å². The van der Waals surface area contributed by atoms with Crippen LogP contribution in [0.25, 0.3) is 0 Å². The average Bonchev–Trinajstić information content (AvgIpc) is 2.83. The van der Waals surface area contributed by atoms with E-state index in [2.05, 4.69) is 0 Å². The summed E-state index contributed by atoms with van der Waals surface area (Å²) in [7, 11) is 0. The predicted molar refractivity (Wildman–Crippen MR) is 130 cm³/mol. The van der Waals surface area contributed by atoms with Crippen LogP contribution in [0.1, 0.15) is 41.0 Å². The van der Waals surface area contributed by atoms with Gasteiger partial charge in [-0.1, -0.05) is 17.4 Å². The van der Waals surface area contributed by atoms with Crippen LogP contribution in [-0.2, 0) is 38.3 Å². The Morgan fingerprint density at radius 1 is 0.500 bits per heavy atom. The van der Waals surface area contributed by atoms with E-state index in [0.717, 1.165) is 6.42 Å². The zero-order chi connectivity index (χ0) is 27.0. The van der Waals surface area contributed by atoms with Crippen LogP contribution in [0.2, 0.25) is 0 Å². The summed E-state index contributed by atoms with van der Waals surface area (Å²) < 4.78 is 21.6. The van der Waals surface area contributed by atoms with Gasteiger partial charge in [0.25, 0.3) is 0 Å². The third-order valence-corrected chi connectivity index (χ3v) is 4.12. The highest BCUT2D eigenvalue weighted by Crippen LogP contribution is 2.09. The molecule has 0 aromatic rings. The lowest BCUT2D eigenvalue weighted by atomic mass is 10.4. The maximum atomic E-state index is 8.92. The van der Waals surface area contributed by atoms with Gasteiger partial charge in [-0.2, -0.15) is 0 Å². The fourth-order valence-electron chi connectivity index (χ4n) is 2.68. The van der Waals surface area contributed by atoms with E-state index < -0.39 is 0 Å². The molecule has 0 rings (SSSR count). The molecule has 0 aliphatic carbocycles. The summed E-state index contributed by atoms with van der Waals surface area (Å²) in [4.78, 5) is 23.6. The van der Waals surface area contributed by atoms with E-state index >= 15 is 0 Å². The molecule has 0 radical (unpaired) electrons. The fourth-order valence-corrected chi connectivity index (χ4v) is 2.68. The molecule has 3 N–H and O–H groups in total. The summed E-state index contributed by atoms with van der Waals surface area (Å²) in [6.07, 6.45) is -0.411. The Morgan fingerprint density at radius 3 is 1.03 bits per heavy atom. The molecule has 0 saturated carbocycles. The summed E-state index contributed by atoms with van der Waals surface area (Å²) in [5.41, 5.74) is 0. The zero-order valence-electron chi connectivity index (χ0n) is 22.7. The van der Waals surface area contributed by atoms with E-state index in [1.807, 2.05) is 34.6 Å². The van der Waals surface area contributed by atoms with Gasteiger partial charge in [0.05, 0.1) is 79.2 Å². The van der Waals surface area contributed by atoms with E-state index in [0.29, 0.717) is 13.2 Å². The highest BCUT2D eigenvalue weighted by Gasteiger charge is 2.21. The van der Waals surface area contributed by atoms with E-state index in [1.54, 1.807) is 0 Å². The van der Waals surface area contributed by atoms with Gasteiger partial charge in [-0.25, -0.2) is 0 Å². The van der Waals surface area contributed by atoms with E-state index in [4.69, 9.17) is 53.6 Å². The molecule has 13 nitrogen and oxygen atoms in total. The van der Waals surface area contributed by atoms with Gasteiger partial charge in [-0.05, 0) is 34.1 Å². The molecule has 0 aromatic heterocycles. The minimum absolute atomic E-state index is 0.0667. The van der Waals surface area contributed by atoms with Crippen LogP contribution in [-0.4, -0.2) is 136 Å². The molecular weight excluding hydrogens is 480 g/mol. The summed E-state index contributed by atoms with van der Waals surface area (Å²) >= 11 is 0. The molecule has 0 amide bonds. The van der Waals surface area contributed by atoms with Crippen molar-refractivity contribution in [1.82, 2.24) is 10.5 Å². The van der Waals surface area contributed by atoms with Gasteiger partial charge in [0.15, 0.2) is 0 Å². The number of aliphatic hydroxyl groups excluding tert-OH is 3. The number of aliphatic hydroxyl groups is 3. The monoisotopic (exact) mass is 530 g/mol. The molecule has 0 aromatic carbocycles. The molecule has 0 fully saturated rings. The number of hydroxylamine groups is 4. The minimum atomic E-state index is -0.357. The SMILES string of the molecule is CCCOCC(C)ON(CCN(OC(C)COCCO)OC(C)COCCO)OC(C)COCCO. The molecule has 13 heteroatoms. The summed E-state index contributed by atoms with van der Waals surface area (Å²) in [5, 5.41) is 29.4. The van der Waals surface area contributed by atoms with Crippen LogP contribution in [0.5, 0.6) is 0 Å². The second kappa shape index (κ2) is 24.8. The normalized spacial score (nSPS) is 15.5. The molecule has 0 aliphatic heterocycles. The van der Waals surface area contributed by atoms with Gasteiger partial charge in [-0.3, -0.25) is 19.4 Å². The largest absolute Gasteiger partial charge is 0.394 e. The highest BCUT2D eigenvalue weighted by atomic mass is 17.0. The van der Waals surface area contributed by atoms with Crippen LogP contribution in [0, 0.1) is 0 Å². The van der Waals surface area contributed by atoms with Gasteiger partial charge in [0, 0.05) is 6.61 Å². The molecular formula is C23H50N2O11. The first-order valence-electron chi connectivity index (χ1n) is 12.7. The van der Waals surface area contributed by atoms with Crippen molar-refractivity contribution in [2.75, 3.05) is 85.8 Å². The van der Waals surface area contributed by atoms with Crippen molar-refractivity contribution in [3.8, 4) is 0 Å². The number of hydrogen-bond acceptors (Lipinski definition) is 13. The Labute approximate surface area is 215 Å². The lowest BCUT2D eigenvalue weighted by molar-refractivity contribution is -0.433. The Hall–Kier alpha value is -0.520. The number of hydrogen-bond donors (Lipinski definition) is 3. The second-order valence-electron chi connectivity index (χ2n) is 8.25. The Bertz CT molecular complexity index is 392. The van der Waals surface area contributed by atoms with E-state index in [9.17, 15) is 0 Å². The third-order valence-electron chi connectivity index (χ3n) is 4.12. The van der Waals surface area contributed by atoms with Crippen molar-refractivity contribution < 1.29 is 53.6 Å². The van der Waals surface area contributed by atoms with E-state index in [-0.39, 0.29) is 97.0 Å². The lowest BCUT2D eigenvalue weighted by Gasteiger charge is -2.31. The quantitative estimate of drug-likeness (QED) is 0.0993. The Morgan fingerprint density at radius 2 is 0.778 bits per heavy atom. The summed E-state index contributed by atoms with van der Waals surface area (Å²) in [5.74, 6) is 0. The first-order chi connectivity index (χ1) is 17.4. The van der Waals surface area contributed by atoms with Crippen molar-refractivity contribution in [2.24, 2.45) is 0 Å².